The van der Waals surface area contributed by atoms with Crippen LogP contribution in [0.25, 0.3) is 10.8 Å². The Morgan fingerprint density at radius 2 is 1.68 bits per heavy atom. The molecule has 3 aliphatic rings. The SMILES string of the molecule is CO[C@H]1/C=C/O[C@@]2(C)Oc3c(C)c([O-])c4c(O)c(c(C[NH2+]CCN(C)C)c(O)c4c3C2=O)NC(=O)/C(C)=C\C=C\[C@H](C)[C@H](O)[C@@H](C)[C@@H](O)[C@@H](C)[C@H](OC(C)=O)[C@@H]1C. The molecule has 57 heavy (non-hydrogen) atoms. The first-order valence-corrected chi connectivity index (χ1v) is 19.2. The third-order valence-electron chi connectivity index (χ3n) is 11.2. The van der Waals surface area contributed by atoms with Crippen molar-refractivity contribution in [2.24, 2.45) is 23.7 Å². The van der Waals surface area contributed by atoms with E-state index in [4.69, 9.17) is 18.9 Å². The number of allylic oxidation sites excluding steroid dienone is 2. The maximum atomic E-state index is 14.3. The number of esters is 1. The fourth-order valence-corrected chi connectivity index (χ4v) is 7.57. The molecule has 2 aromatic carbocycles. The molecule has 9 atom stereocenters. The Morgan fingerprint density at radius 1 is 1.02 bits per heavy atom. The van der Waals surface area contributed by atoms with Crippen LogP contribution < -0.4 is 20.5 Å². The van der Waals surface area contributed by atoms with Crippen LogP contribution in [0.5, 0.6) is 23.0 Å². The van der Waals surface area contributed by atoms with E-state index in [1.54, 1.807) is 39.8 Å². The van der Waals surface area contributed by atoms with E-state index in [2.05, 4.69) is 5.32 Å². The van der Waals surface area contributed by atoms with Crippen molar-refractivity contribution < 1.29 is 64.2 Å². The number of hydrogen-bond acceptors (Lipinski definition) is 13. The molecule has 0 aliphatic carbocycles. The van der Waals surface area contributed by atoms with Crippen molar-refractivity contribution in [1.82, 2.24) is 4.90 Å². The lowest BCUT2D eigenvalue weighted by Crippen LogP contribution is -2.84. The molecule has 3 heterocycles. The number of ether oxygens (including phenoxy) is 4. The molecule has 1 amide bonds. The summed E-state index contributed by atoms with van der Waals surface area (Å²) in [5.41, 5.74) is -0.121. The highest BCUT2D eigenvalue weighted by Gasteiger charge is 2.49. The smallest absolute Gasteiger partial charge is 0.312 e. The van der Waals surface area contributed by atoms with Crippen molar-refractivity contribution in [2.75, 3.05) is 39.6 Å². The highest BCUT2D eigenvalue weighted by molar-refractivity contribution is 6.22. The van der Waals surface area contributed by atoms with Crippen molar-refractivity contribution >= 4 is 34.1 Å². The van der Waals surface area contributed by atoms with Crippen LogP contribution in [0.3, 0.4) is 0 Å². The number of nitrogens with zero attached hydrogens (tertiary/aromatic N) is 1. The van der Waals surface area contributed by atoms with Crippen LogP contribution >= 0.6 is 0 Å². The second kappa shape index (κ2) is 18.3. The minimum atomic E-state index is -2.04. The summed E-state index contributed by atoms with van der Waals surface area (Å²) in [6.45, 7) is 13.8. The van der Waals surface area contributed by atoms with Gasteiger partial charge in [0, 0.05) is 67.5 Å². The van der Waals surface area contributed by atoms with E-state index < -0.39 is 88.8 Å². The van der Waals surface area contributed by atoms with Gasteiger partial charge in [0.1, 0.15) is 29.9 Å². The first-order valence-electron chi connectivity index (χ1n) is 19.2. The summed E-state index contributed by atoms with van der Waals surface area (Å²) in [6, 6.07) is 0. The van der Waals surface area contributed by atoms with Crippen LogP contribution in [0.2, 0.25) is 0 Å². The molecule has 0 fully saturated rings. The minimum absolute atomic E-state index is 0.0307. The van der Waals surface area contributed by atoms with Crippen molar-refractivity contribution in [1.29, 1.82) is 0 Å². The Labute approximate surface area is 333 Å². The average Bonchev–Trinajstić information content (AvgIpc) is 3.42. The van der Waals surface area contributed by atoms with Crippen molar-refractivity contribution in [3.05, 3.63) is 52.8 Å². The predicted molar refractivity (Wildman–Crippen MR) is 211 cm³/mol. The van der Waals surface area contributed by atoms with E-state index in [-0.39, 0.29) is 51.0 Å². The zero-order chi connectivity index (χ0) is 42.7. The number of carbonyl (C=O) groups is 3. The Morgan fingerprint density at radius 3 is 2.30 bits per heavy atom. The number of ketones is 1. The number of carbonyl (C=O) groups excluding carboxylic acids is 3. The minimum Gasteiger partial charge on any atom is -0.872 e. The number of likely N-dealkylation sites (N-methyl/N-ethyl adjacent to an activating group) is 1. The molecule has 0 saturated carbocycles. The lowest BCUT2D eigenvalue weighted by molar-refractivity contribution is -0.670. The third kappa shape index (κ3) is 9.23. The van der Waals surface area contributed by atoms with E-state index >= 15 is 0 Å². The van der Waals surface area contributed by atoms with E-state index in [9.17, 15) is 39.9 Å². The van der Waals surface area contributed by atoms with Gasteiger partial charge in [0.2, 0.25) is 0 Å². The Kier molecular flexibility index (Phi) is 14.4. The van der Waals surface area contributed by atoms with E-state index in [0.717, 1.165) is 0 Å². The number of fused-ring (bicyclic) bond motifs is 14. The second-order valence-electron chi connectivity index (χ2n) is 15.7. The monoisotopic (exact) mass is 797 g/mol. The number of hydrogen-bond donors (Lipinski definition) is 6. The van der Waals surface area contributed by atoms with Gasteiger partial charge in [0.15, 0.2) is 0 Å². The highest BCUT2D eigenvalue weighted by Crippen LogP contribution is 2.54. The van der Waals surface area contributed by atoms with Gasteiger partial charge in [-0.25, -0.2) is 0 Å². The zero-order valence-electron chi connectivity index (χ0n) is 34.7. The maximum absolute atomic E-state index is 14.3. The van der Waals surface area contributed by atoms with Gasteiger partial charge in [-0.3, -0.25) is 14.4 Å². The number of amides is 1. The molecule has 314 valence electrons. The number of quaternary nitrogens is 1. The van der Waals surface area contributed by atoms with Crippen LogP contribution in [0.4, 0.5) is 5.69 Å². The number of anilines is 1. The van der Waals surface area contributed by atoms with Gasteiger partial charge < -0.3 is 60.0 Å². The summed E-state index contributed by atoms with van der Waals surface area (Å²) in [7, 11) is 5.24. The first kappa shape index (κ1) is 45.0. The van der Waals surface area contributed by atoms with Gasteiger partial charge >= 0.3 is 11.8 Å². The summed E-state index contributed by atoms with van der Waals surface area (Å²) >= 11 is 0. The number of aliphatic hydroxyl groups excluding tert-OH is 2. The topological polar surface area (TPSA) is 224 Å². The number of aromatic hydroxyl groups is 2. The molecule has 5 rings (SSSR count). The van der Waals surface area contributed by atoms with E-state index in [1.165, 1.54) is 53.2 Å². The van der Waals surface area contributed by atoms with Gasteiger partial charge in [-0.15, -0.1) is 0 Å². The highest BCUT2D eigenvalue weighted by atomic mass is 16.7. The molecule has 3 aliphatic heterocycles. The molecule has 0 saturated heterocycles. The molecule has 0 spiro atoms. The summed E-state index contributed by atoms with van der Waals surface area (Å²) < 4.78 is 23.5. The van der Waals surface area contributed by atoms with E-state index in [0.29, 0.717) is 13.1 Å². The zero-order valence-corrected chi connectivity index (χ0v) is 34.7. The van der Waals surface area contributed by atoms with Gasteiger partial charge in [-0.1, -0.05) is 51.7 Å². The number of nitrogens with two attached hydrogens (primary N) is 1. The molecule has 15 heteroatoms. The number of rotatable bonds is 7. The van der Waals surface area contributed by atoms with Crippen LogP contribution in [0.15, 0.2) is 36.1 Å². The number of aliphatic hydroxyl groups is 2. The van der Waals surface area contributed by atoms with Crippen molar-refractivity contribution in [3.8, 4) is 23.0 Å². The van der Waals surface area contributed by atoms with E-state index in [1.807, 2.05) is 24.3 Å². The fourth-order valence-electron chi connectivity index (χ4n) is 7.57. The Hall–Kier alpha value is -4.67. The molecule has 0 unspecified atom stereocenters. The van der Waals surface area contributed by atoms with Crippen LogP contribution in [0, 0.1) is 30.6 Å². The maximum Gasteiger partial charge on any atom is 0.312 e. The molecule has 15 nitrogen and oxygen atoms in total. The summed E-state index contributed by atoms with van der Waals surface area (Å²) in [5.74, 6) is -8.45. The van der Waals surface area contributed by atoms with Gasteiger partial charge in [0.25, 0.3) is 11.7 Å². The Bertz CT molecular complexity index is 1940. The average molecular weight is 798 g/mol. The number of phenolic OH excluding ortho intramolecular Hbond substituents is 2. The van der Waals surface area contributed by atoms with Crippen LogP contribution in [0.1, 0.15) is 70.0 Å². The number of Topliss-reactive ketones (excluding diaryl/α,β-unsaturated/α-hetero) is 1. The number of methoxy groups -OCH3 is 1. The predicted octanol–water partition coefficient (Wildman–Crippen LogP) is 2.75. The lowest BCUT2D eigenvalue weighted by atomic mass is 9.78. The molecule has 5 bridgehead atoms. The lowest BCUT2D eigenvalue weighted by Gasteiger charge is -2.38. The standard InChI is InChI=1S/C42H59N3O12/c1-20-13-12-14-21(2)41(53)44-32-27(19-43-16-17-45(9)10)36(50)29-30(37(32)51)35(49)25(6)39-31(29)40(52)42(8,57-39)55-18-15-28(54-11)22(3)38(56-26(7)46)24(5)34(48)23(4)33(20)47/h12-15,18,20,22-24,28,33-34,38,43,47-51H,16-17,19H2,1-11H3,(H,44,53)/b13-12+,18-15+,21-14-/t20-,22+,23+,24+,28-,33-,34+,38+,42-/m0/s1. The molecule has 0 aromatic heterocycles. The summed E-state index contributed by atoms with van der Waals surface area (Å²) in [6.07, 6.45) is 3.60. The van der Waals surface area contributed by atoms with Crippen LogP contribution in [-0.2, 0) is 30.3 Å². The number of benzene rings is 2. The fraction of sp³-hybridized carbons (Fsp3) is 0.548. The molecule has 2 aromatic rings. The van der Waals surface area contributed by atoms with Gasteiger partial charge in [0.05, 0.1) is 47.9 Å². The second-order valence-corrected chi connectivity index (χ2v) is 15.7. The number of phenols is 2. The Balaban J connectivity index is 1.94. The summed E-state index contributed by atoms with van der Waals surface area (Å²) in [4.78, 5) is 42.3. The third-order valence-corrected chi connectivity index (χ3v) is 11.2. The quantitative estimate of drug-likeness (QED) is 0.103. The largest absolute Gasteiger partial charge is 0.872 e. The molecule has 7 N–H and O–H groups in total. The molecule has 0 radical (unpaired) electrons. The van der Waals surface area contributed by atoms with Gasteiger partial charge in [-0.05, 0) is 39.6 Å². The molecular formula is C42H59N3O12. The first-order chi connectivity index (χ1) is 26.7. The number of nitrogens with one attached hydrogen (secondary N) is 1. The van der Waals surface area contributed by atoms with Gasteiger partial charge in [-0.2, -0.15) is 0 Å². The summed E-state index contributed by atoms with van der Waals surface area (Å²) in [5, 5.41) is 64.5. The molecular weight excluding hydrogens is 738 g/mol. The normalized spacial score (nSPS) is 30.7. The van der Waals surface area contributed by atoms with Crippen molar-refractivity contribution in [3.63, 3.8) is 0 Å². The van der Waals surface area contributed by atoms with Crippen LogP contribution in [-0.4, -0.2) is 107 Å². The van der Waals surface area contributed by atoms with Crippen molar-refractivity contribution in [2.45, 2.75) is 92.1 Å².